The second-order valence-electron chi connectivity index (χ2n) is 4.34. The lowest BCUT2D eigenvalue weighted by Gasteiger charge is -2.06. The average Bonchev–Trinajstić information content (AvgIpc) is 2.46. The van der Waals surface area contributed by atoms with Gasteiger partial charge in [0.1, 0.15) is 5.82 Å². The van der Waals surface area contributed by atoms with Crippen LogP contribution in [0, 0.1) is 5.82 Å². The van der Waals surface area contributed by atoms with Crippen LogP contribution in [0.25, 0.3) is 0 Å². The maximum Gasteiger partial charge on any atom is 0.238 e. The van der Waals surface area contributed by atoms with E-state index in [1.807, 2.05) is 0 Å². The zero-order valence-corrected chi connectivity index (χ0v) is 13.0. The van der Waals surface area contributed by atoms with Crippen molar-refractivity contribution >= 4 is 33.4 Å². The van der Waals surface area contributed by atoms with Gasteiger partial charge in [0.15, 0.2) is 0 Å². The molecular weight excluding hydrogens is 327 g/mol. The van der Waals surface area contributed by atoms with E-state index < -0.39 is 10.0 Å². The number of benzene rings is 2. The van der Waals surface area contributed by atoms with Gasteiger partial charge in [-0.25, -0.2) is 17.9 Å². The van der Waals surface area contributed by atoms with Gasteiger partial charge in [-0.2, -0.15) is 0 Å². The molecule has 0 spiro atoms. The van der Waals surface area contributed by atoms with Crippen LogP contribution in [-0.2, 0) is 14.8 Å². The summed E-state index contributed by atoms with van der Waals surface area (Å²) in [6, 6.07) is 11.7. The highest BCUT2D eigenvalue weighted by Crippen LogP contribution is 2.21. The fourth-order valence-electron chi connectivity index (χ4n) is 1.63. The van der Waals surface area contributed by atoms with E-state index in [0.717, 1.165) is 11.8 Å². The normalized spacial score (nSPS) is 11.2. The molecule has 0 aliphatic heterocycles. The monoisotopic (exact) mass is 340 g/mol. The number of primary sulfonamides is 1. The van der Waals surface area contributed by atoms with Gasteiger partial charge in [0.05, 0.1) is 10.6 Å². The molecule has 5 nitrogen and oxygen atoms in total. The molecule has 0 aliphatic carbocycles. The summed E-state index contributed by atoms with van der Waals surface area (Å²) in [5.74, 6) is -0.660. The number of sulfonamides is 1. The fourth-order valence-corrected chi connectivity index (χ4v) is 2.89. The number of carbonyl (C=O) groups is 1. The molecule has 0 heterocycles. The van der Waals surface area contributed by atoms with Crippen molar-refractivity contribution in [2.75, 3.05) is 11.1 Å². The first-order chi connectivity index (χ1) is 10.4. The molecule has 2 aromatic carbocycles. The SMILES string of the molecule is NS(=O)(=O)c1ccc(NC(=O)CSc2ccccc2F)cc1. The molecule has 2 aromatic rings. The third-order valence-corrected chi connectivity index (χ3v) is 4.64. The fraction of sp³-hybridized carbons (Fsp3) is 0.0714. The van der Waals surface area contributed by atoms with Gasteiger partial charge in [-0.05, 0) is 36.4 Å². The van der Waals surface area contributed by atoms with Gasteiger partial charge >= 0.3 is 0 Å². The summed E-state index contributed by atoms with van der Waals surface area (Å²) in [7, 11) is -3.76. The summed E-state index contributed by atoms with van der Waals surface area (Å²) >= 11 is 1.08. The molecule has 0 fully saturated rings. The number of carbonyl (C=O) groups excluding carboxylic acids is 1. The van der Waals surface area contributed by atoms with Gasteiger partial charge in [0, 0.05) is 10.6 Å². The quantitative estimate of drug-likeness (QED) is 0.817. The molecule has 2 rings (SSSR count). The molecule has 0 atom stereocenters. The molecule has 116 valence electrons. The van der Waals surface area contributed by atoms with Crippen LogP contribution in [-0.4, -0.2) is 20.1 Å². The standard InChI is InChI=1S/C14H13FN2O3S2/c15-12-3-1-2-4-13(12)21-9-14(18)17-10-5-7-11(8-6-10)22(16,19)20/h1-8H,9H2,(H,17,18)(H2,16,19,20). The van der Waals surface area contributed by atoms with Crippen molar-refractivity contribution in [1.82, 2.24) is 0 Å². The summed E-state index contributed by atoms with van der Waals surface area (Å²) < 4.78 is 35.6. The molecule has 0 saturated heterocycles. The number of hydrogen-bond donors (Lipinski definition) is 2. The van der Waals surface area contributed by atoms with E-state index in [1.54, 1.807) is 18.2 Å². The Morgan fingerprint density at radius 1 is 1.14 bits per heavy atom. The van der Waals surface area contributed by atoms with Crippen molar-refractivity contribution in [3.05, 3.63) is 54.3 Å². The van der Waals surface area contributed by atoms with Crippen LogP contribution in [0.5, 0.6) is 0 Å². The minimum absolute atomic E-state index is 0.0359. The third-order valence-electron chi connectivity index (χ3n) is 2.66. The van der Waals surface area contributed by atoms with E-state index in [-0.39, 0.29) is 22.4 Å². The number of anilines is 1. The van der Waals surface area contributed by atoms with E-state index in [9.17, 15) is 17.6 Å². The number of nitrogens with one attached hydrogen (secondary N) is 1. The first-order valence-corrected chi connectivity index (χ1v) is 8.69. The molecule has 8 heteroatoms. The highest BCUT2D eigenvalue weighted by atomic mass is 32.2. The predicted molar refractivity (Wildman–Crippen MR) is 83.6 cm³/mol. The number of rotatable bonds is 5. The molecule has 0 aliphatic rings. The van der Waals surface area contributed by atoms with E-state index in [1.165, 1.54) is 30.3 Å². The summed E-state index contributed by atoms with van der Waals surface area (Å²) in [5, 5.41) is 7.57. The van der Waals surface area contributed by atoms with Crippen LogP contribution in [0.3, 0.4) is 0 Å². The summed E-state index contributed by atoms with van der Waals surface area (Å²) in [4.78, 5) is 12.1. The van der Waals surface area contributed by atoms with Crippen LogP contribution in [0.15, 0.2) is 58.3 Å². The van der Waals surface area contributed by atoms with Gasteiger partial charge < -0.3 is 5.32 Å². The Bertz CT molecular complexity index is 777. The summed E-state index contributed by atoms with van der Waals surface area (Å²) in [6.07, 6.45) is 0. The Labute approximate surface area is 131 Å². The Hall–Kier alpha value is -1.90. The van der Waals surface area contributed by atoms with Crippen molar-refractivity contribution in [2.45, 2.75) is 9.79 Å². The number of thioether (sulfide) groups is 1. The lowest BCUT2D eigenvalue weighted by Crippen LogP contribution is -2.15. The Balaban J connectivity index is 1.94. The zero-order valence-electron chi connectivity index (χ0n) is 11.3. The van der Waals surface area contributed by atoms with Crippen LogP contribution in [0.1, 0.15) is 0 Å². The van der Waals surface area contributed by atoms with E-state index in [2.05, 4.69) is 5.32 Å². The van der Waals surface area contributed by atoms with E-state index in [4.69, 9.17) is 5.14 Å². The van der Waals surface area contributed by atoms with Crippen LogP contribution >= 0.6 is 11.8 Å². The second kappa shape index (κ2) is 6.91. The Morgan fingerprint density at radius 2 is 1.77 bits per heavy atom. The van der Waals surface area contributed by atoms with Gasteiger partial charge in [-0.15, -0.1) is 11.8 Å². The van der Waals surface area contributed by atoms with Gasteiger partial charge in [0.2, 0.25) is 15.9 Å². The van der Waals surface area contributed by atoms with Crippen molar-refractivity contribution in [1.29, 1.82) is 0 Å². The second-order valence-corrected chi connectivity index (χ2v) is 6.92. The Morgan fingerprint density at radius 3 is 2.36 bits per heavy atom. The Kier molecular flexibility index (Phi) is 5.17. The molecule has 3 N–H and O–H groups in total. The smallest absolute Gasteiger partial charge is 0.238 e. The molecule has 22 heavy (non-hydrogen) atoms. The molecule has 0 bridgehead atoms. The predicted octanol–water partition coefficient (Wildman–Crippen LogP) is 2.20. The molecule has 0 aromatic heterocycles. The number of amides is 1. The molecule has 1 amide bonds. The van der Waals surface area contributed by atoms with Crippen LogP contribution in [0.2, 0.25) is 0 Å². The van der Waals surface area contributed by atoms with Crippen molar-refractivity contribution in [3.63, 3.8) is 0 Å². The first kappa shape index (κ1) is 16.5. The van der Waals surface area contributed by atoms with E-state index in [0.29, 0.717) is 10.6 Å². The lowest BCUT2D eigenvalue weighted by molar-refractivity contribution is -0.113. The van der Waals surface area contributed by atoms with E-state index >= 15 is 0 Å². The van der Waals surface area contributed by atoms with Gasteiger partial charge in [0.25, 0.3) is 0 Å². The van der Waals surface area contributed by atoms with Crippen LogP contribution < -0.4 is 10.5 Å². The number of hydrogen-bond acceptors (Lipinski definition) is 4. The summed E-state index contributed by atoms with van der Waals surface area (Å²) in [6.45, 7) is 0. The van der Waals surface area contributed by atoms with Gasteiger partial charge in [-0.1, -0.05) is 12.1 Å². The lowest BCUT2D eigenvalue weighted by atomic mass is 10.3. The molecule has 0 radical (unpaired) electrons. The highest BCUT2D eigenvalue weighted by Gasteiger charge is 2.09. The maximum absolute atomic E-state index is 13.4. The number of halogens is 1. The minimum atomic E-state index is -3.76. The van der Waals surface area contributed by atoms with Crippen molar-refractivity contribution in [2.24, 2.45) is 5.14 Å². The first-order valence-electron chi connectivity index (χ1n) is 6.16. The summed E-state index contributed by atoms with van der Waals surface area (Å²) in [5.41, 5.74) is 0.437. The van der Waals surface area contributed by atoms with Crippen molar-refractivity contribution in [3.8, 4) is 0 Å². The molecule has 0 saturated carbocycles. The third kappa shape index (κ3) is 4.55. The minimum Gasteiger partial charge on any atom is -0.325 e. The van der Waals surface area contributed by atoms with Crippen molar-refractivity contribution < 1.29 is 17.6 Å². The molecule has 0 unspecified atom stereocenters. The highest BCUT2D eigenvalue weighted by molar-refractivity contribution is 8.00. The van der Waals surface area contributed by atoms with Crippen LogP contribution in [0.4, 0.5) is 10.1 Å². The molecular formula is C14H13FN2O3S2. The van der Waals surface area contributed by atoms with Gasteiger partial charge in [-0.3, -0.25) is 4.79 Å². The average molecular weight is 340 g/mol. The maximum atomic E-state index is 13.4. The zero-order chi connectivity index (χ0) is 16.2. The topological polar surface area (TPSA) is 89.3 Å². The number of nitrogens with two attached hydrogens (primary N) is 1. The largest absolute Gasteiger partial charge is 0.325 e.